The summed E-state index contributed by atoms with van der Waals surface area (Å²) < 4.78 is 5.45. The molecule has 0 radical (unpaired) electrons. The number of rotatable bonds is 3. The van der Waals surface area contributed by atoms with Crippen LogP contribution in [0.15, 0.2) is 30.6 Å². The van der Waals surface area contributed by atoms with Crippen LogP contribution in [0.25, 0.3) is 0 Å². The van der Waals surface area contributed by atoms with Crippen molar-refractivity contribution in [2.75, 3.05) is 5.73 Å². The number of aromatic nitrogens is 2. The summed E-state index contributed by atoms with van der Waals surface area (Å²) in [7, 11) is 0. The quantitative estimate of drug-likeness (QED) is 0.816. The van der Waals surface area contributed by atoms with Gasteiger partial charge in [-0.05, 0) is 17.7 Å². The van der Waals surface area contributed by atoms with Crippen molar-refractivity contribution >= 4 is 17.3 Å². The van der Waals surface area contributed by atoms with Crippen LogP contribution in [-0.4, -0.2) is 15.1 Å². The summed E-state index contributed by atoms with van der Waals surface area (Å²) in [6.07, 6.45) is 1.27. The summed E-state index contributed by atoms with van der Waals surface area (Å²) in [5, 5.41) is 9.05. The monoisotopic (exact) mass is 251 g/mol. The molecule has 1 aromatic carbocycles. The van der Waals surface area contributed by atoms with Crippen molar-refractivity contribution in [2.24, 2.45) is 0 Å². The molecule has 0 amide bonds. The van der Waals surface area contributed by atoms with Crippen LogP contribution in [0, 0.1) is 0 Å². The third-order valence-corrected chi connectivity index (χ3v) is 2.42. The first-order valence-corrected chi connectivity index (χ1v) is 5.22. The van der Waals surface area contributed by atoms with Gasteiger partial charge in [0.1, 0.15) is 17.8 Å². The average Bonchev–Trinajstić information content (AvgIpc) is 2.36. The van der Waals surface area contributed by atoms with Gasteiger partial charge in [-0.15, -0.1) is 0 Å². The zero-order valence-electron chi connectivity index (χ0n) is 8.80. The first-order chi connectivity index (χ1) is 8.20. The molecule has 0 aliphatic rings. The molecule has 88 valence electrons. The van der Waals surface area contributed by atoms with E-state index in [0.29, 0.717) is 5.75 Å². The maximum absolute atomic E-state index is 8.90. The number of anilines is 1. The Kier molecular flexibility index (Phi) is 3.41. The van der Waals surface area contributed by atoms with Gasteiger partial charge in [0.15, 0.2) is 5.15 Å². The Morgan fingerprint density at radius 1 is 1.24 bits per heavy atom. The molecular formula is C11H10ClN3O2. The maximum Gasteiger partial charge on any atom is 0.247 e. The average molecular weight is 252 g/mol. The third kappa shape index (κ3) is 2.64. The van der Waals surface area contributed by atoms with Crippen LogP contribution in [-0.2, 0) is 6.61 Å². The number of ether oxygens (including phenoxy) is 1. The van der Waals surface area contributed by atoms with Crippen molar-refractivity contribution in [3.8, 4) is 11.6 Å². The van der Waals surface area contributed by atoms with E-state index in [-0.39, 0.29) is 23.3 Å². The van der Waals surface area contributed by atoms with Crippen molar-refractivity contribution in [3.05, 3.63) is 41.3 Å². The summed E-state index contributed by atoms with van der Waals surface area (Å²) in [4.78, 5) is 7.61. The highest BCUT2D eigenvalue weighted by Crippen LogP contribution is 2.28. The topological polar surface area (TPSA) is 81.3 Å². The fourth-order valence-electron chi connectivity index (χ4n) is 1.22. The number of nitrogens with two attached hydrogens (primary N) is 1. The Morgan fingerprint density at radius 3 is 2.59 bits per heavy atom. The van der Waals surface area contributed by atoms with E-state index in [1.165, 1.54) is 6.33 Å². The summed E-state index contributed by atoms with van der Waals surface area (Å²) in [5.41, 5.74) is 6.66. The molecular weight excluding hydrogens is 242 g/mol. The Bertz CT molecular complexity index is 517. The largest absolute Gasteiger partial charge is 0.437 e. The lowest BCUT2D eigenvalue weighted by molar-refractivity contribution is 0.281. The number of hydrogen-bond donors (Lipinski definition) is 2. The van der Waals surface area contributed by atoms with Crippen LogP contribution in [0.3, 0.4) is 0 Å². The number of aliphatic hydroxyl groups excluding tert-OH is 1. The van der Waals surface area contributed by atoms with E-state index in [0.717, 1.165) is 5.56 Å². The van der Waals surface area contributed by atoms with Gasteiger partial charge in [-0.25, -0.2) is 4.98 Å². The molecule has 0 fully saturated rings. The van der Waals surface area contributed by atoms with Crippen LogP contribution >= 0.6 is 11.6 Å². The molecule has 0 atom stereocenters. The van der Waals surface area contributed by atoms with Crippen molar-refractivity contribution in [1.29, 1.82) is 0 Å². The lowest BCUT2D eigenvalue weighted by Crippen LogP contribution is -1.97. The minimum Gasteiger partial charge on any atom is -0.437 e. The van der Waals surface area contributed by atoms with Gasteiger partial charge in [0.25, 0.3) is 0 Å². The minimum atomic E-state index is -0.0121. The van der Waals surface area contributed by atoms with Crippen molar-refractivity contribution in [2.45, 2.75) is 6.61 Å². The van der Waals surface area contributed by atoms with E-state index >= 15 is 0 Å². The molecule has 0 aliphatic heterocycles. The van der Waals surface area contributed by atoms with Crippen molar-refractivity contribution in [3.63, 3.8) is 0 Å². The Balaban J connectivity index is 2.22. The highest BCUT2D eigenvalue weighted by atomic mass is 35.5. The van der Waals surface area contributed by atoms with Gasteiger partial charge < -0.3 is 15.6 Å². The van der Waals surface area contributed by atoms with Gasteiger partial charge in [-0.3, -0.25) is 0 Å². The first-order valence-electron chi connectivity index (χ1n) is 4.84. The second-order valence-corrected chi connectivity index (χ2v) is 3.65. The van der Waals surface area contributed by atoms with Gasteiger partial charge in [-0.1, -0.05) is 23.7 Å². The van der Waals surface area contributed by atoms with Crippen LogP contribution in [0.5, 0.6) is 11.6 Å². The van der Waals surface area contributed by atoms with Gasteiger partial charge in [0, 0.05) is 0 Å². The van der Waals surface area contributed by atoms with Gasteiger partial charge in [0.2, 0.25) is 5.88 Å². The molecule has 17 heavy (non-hydrogen) atoms. The van der Waals surface area contributed by atoms with Crippen molar-refractivity contribution in [1.82, 2.24) is 9.97 Å². The first kappa shape index (κ1) is 11.6. The molecule has 2 aromatic rings. The molecule has 3 N–H and O–H groups in total. The summed E-state index contributed by atoms with van der Waals surface area (Å²) in [6, 6.07) is 6.91. The number of nitrogen functional groups attached to an aromatic ring is 1. The molecule has 0 unspecified atom stereocenters. The minimum absolute atomic E-state index is 0.0121. The zero-order chi connectivity index (χ0) is 12.3. The van der Waals surface area contributed by atoms with Gasteiger partial charge >= 0.3 is 0 Å². The molecule has 0 bridgehead atoms. The van der Waals surface area contributed by atoms with E-state index in [9.17, 15) is 0 Å². The fourth-order valence-corrected chi connectivity index (χ4v) is 1.34. The highest BCUT2D eigenvalue weighted by Gasteiger charge is 2.08. The van der Waals surface area contributed by atoms with E-state index in [4.69, 9.17) is 27.2 Å². The molecule has 0 saturated carbocycles. The maximum atomic E-state index is 8.90. The number of nitrogens with zero attached hydrogens (tertiary/aromatic N) is 2. The number of benzene rings is 1. The fraction of sp³-hybridized carbons (Fsp3) is 0.0909. The highest BCUT2D eigenvalue weighted by molar-refractivity contribution is 6.32. The molecule has 0 spiro atoms. The summed E-state index contributed by atoms with van der Waals surface area (Å²) >= 11 is 5.74. The second kappa shape index (κ2) is 4.99. The second-order valence-electron chi connectivity index (χ2n) is 3.29. The molecule has 1 aromatic heterocycles. The van der Waals surface area contributed by atoms with E-state index in [1.807, 2.05) is 0 Å². The standard InChI is InChI=1S/C11H10ClN3O2/c12-10-9(13)11(15-6-14-10)17-8-3-1-7(5-16)2-4-8/h1-4,6,16H,5,13H2. The predicted molar refractivity (Wildman–Crippen MR) is 63.9 cm³/mol. The van der Waals surface area contributed by atoms with E-state index in [1.54, 1.807) is 24.3 Å². The smallest absolute Gasteiger partial charge is 0.247 e. The van der Waals surface area contributed by atoms with Crippen LogP contribution in [0.2, 0.25) is 5.15 Å². The Hall–Kier alpha value is -1.85. The molecule has 1 heterocycles. The molecule has 6 heteroatoms. The molecule has 0 aliphatic carbocycles. The lowest BCUT2D eigenvalue weighted by atomic mass is 10.2. The molecule has 5 nitrogen and oxygen atoms in total. The third-order valence-electron chi connectivity index (χ3n) is 2.12. The predicted octanol–water partition coefficient (Wildman–Crippen LogP) is 2.00. The summed E-state index contributed by atoms with van der Waals surface area (Å²) in [6.45, 7) is -0.0121. The lowest BCUT2D eigenvalue weighted by Gasteiger charge is -2.07. The van der Waals surface area contributed by atoms with Crippen LogP contribution < -0.4 is 10.5 Å². The number of aliphatic hydroxyl groups is 1. The van der Waals surface area contributed by atoms with E-state index < -0.39 is 0 Å². The zero-order valence-corrected chi connectivity index (χ0v) is 9.55. The SMILES string of the molecule is Nc1c(Cl)ncnc1Oc1ccc(CO)cc1. The van der Waals surface area contributed by atoms with Crippen molar-refractivity contribution < 1.29 is 9.84 Å². The number of halogens is 1. The summed E-state index contributed by atoms with van der Waals surface area (Å²) in [5.74, 6) is 0.769. The van der Waals surface area contributed by atoms with Crippen LogP contribution in [0.4, 0.5) is 5.69 Å². The molecule has 0 saturated heterocycles. The molecule has 2 rings (SSSR count). The van der Waals surface area contributed by atoms with Gasteiger partial charge in [-0.2, -0.15) is 4.98 Å². The number of hydrogen-bond acceptors (Lipinski definition) is 5. The van der Waals surface area contributed by atoms with Gasteiger partial charge in [0.05, 0.1) is 6.61 Å². The Labute approximate surface area is 103 Å². The normalized spacial score (nSPS) is 10.2. The Morgan fingerprint density at radius 2 is 1.94 bits per heavy atom. The van der Waals surface area contributed by atoms with Crippen LogP contribution in [0.1, 0.15) is 5.56 Å². The van der Waals surface area contributed by atoms with E-state index in [2.05, 4.69) is 9.97 Å².